The molecule has 4 rings (SSSR count). The van der Waals surface area contributed by atoms with Crippen molar-refractivity contribution in [3.63, 3.8) is 0 Å². The molecule has 2 aromatic rings. The van der Waals surface area contributed by atoms with Gasteiger partial charge in [-0.15, -0.1) is 0 Å². The average Bonchev–Trinajstić information content (AvgIpc) is 3.34. The van der Waals surface area contributed by atoms with Crippen LogP contribution in [0.25, 0.3) is 0 Å². The van der Waals surface area contributed by atoms with Crippen LogP contribution in [-0.2, 0) is 37.0 Å². The predicted molar refractivity (Wildman–Crippen MR) is 159 cm³/mol. The third-order valence-electron chi connectivity index (χ3n) is 8.08. The molecule has 1 saturated heterocycles. The lowest BCUT2D eigenvalue weighted by Gasteiger charge is -2.36. The Hall–Kier alpha value is -2.55. The van der Waals surface area contributed by atoms with Gasteiger partial charge in [0.25, 0.3) is 0 Å². The Labute approximate surface area is 245 Å². The van der Waals surface area contributed by atoms with E-state index in [1.807, 2.05) is 36.4 Å². The van der Waals surface area contributed by atoms with Crippen molar-refractivity contribution < 1.29 is 28.8 Å². The highest BCUT2D eigenvalue weighted by molar-refractivity contribution is 5.66. The summed E-state index contributed by atoms with van der Waals surface area (Å²) in [6.07, 6.45) is 10.6. The molecule has 0 amide bonds. The summed E-state index contributed by atoms with van der Waals surface area (Å²) in [6.45, 7) is 3.32. The van der Waals surface area contributed by atoms with Crippen LogP contribution >= 0.6 is 0 Å². The summed E-state index contributed by atoms with van der Waals surface area (Å²) in [5.74, 6) is -0.521. The van der Waals surface area contributed by atoms with Gasteiger partial charge in [-0.3, -0.25) is 9.69 Å². The number of likely N-dealkylation sites (N-methyl/N-ethyl adjacent to an activating group) is 1. The van der Waals surface area contributed by atoms with E-state index in [1.54, 1.807) is 0 Å². The maximum atomic E-state index is 10.9. The normalized spacial score (nSPS) is 24.8. The Bertz CT molecular complexity index is 1030. The van der Waals surface area contributed by atoms with Gasteiger partial charge in [0, 0.05) is 38.0 Å². The van der Waals surface area contributed by atoms with Gasteiger partial charge in [-0.1, -0.05) is 72.8 Å². The zero-order chi connectivity index (χ0) is 28.7. The van der Waals surface area contributed by atoms with Crippen LogP contribution in [0, 0.1) is 5.92 Å². The second-order valence-electron chi connectivity index (χ2n) is 11.2. The molecule has 1 saturated carbocycles. The molecule has 1 N–H and O–H groups in total. The summed E-state index contributed by atoms with van der Waals surface area (Å²) < 4.78 is 25.3. The molecular formula is C34H47NO6. The van der Waals surface area contributed by atoms with E-state index in [0.29, 0.717) is 26.2 Å². The SMILES string of the molecule is CN(CCOCc1ccccc1)[C@H]1[C@H](CC=CCCCC(=O)O)[C@H](OCc2ccccc2)C[C@@H]1OC1CCCCO1. The zero-order valence-electron chi connectivity index (χ0n) is 24.4. The number of hydrogen-bond donors (Lipinski definition) is 1. The Kier molecular flexibility index (Phi) is 13.3. The number of nitrogens with zero attached hydrogens (tertiary/aromatic N) is 1. The van der Waals surface area contributed by atoms with E-state index in [4.69, 9.17) is 24.1 Å². The molecule has 0 aromatic heterocycles. The van der Waals surface area contributed by atoms with Crippen molar-refractivity contribution in [3.8, 4) is 0 Å². The summed E-state index contributed by atoms with van der Waals surface area (Å²) in [5, 5.41) is 8.96. The van der Waals surface area contributed by atoms with Crippen LogP contribution in [0.15, 0.2) is 72.8 Å². The highest BCUT2D eigenvalue weighted by atomic mass is 16.7. The van der Waals surface area contributed by atoms with Crippen molar-refractivity contribution in [1.82, 2.24) is 4.90 Å². The van der Waals surface area contributed by atoms with Gasteiger partial charge in [-0.2, -0.15) is 0 Å². The third kappa shape index (κ3) is 10.7. The van der Waals surface area contributed by atoms with Gasteiger partial charge in [0.2, 0.25) is 0 Å². The Morgan fingerprint density at radius 3 is 2.41 bits per heavy atom. The first-order valence-electron chi connectivity index (χ1n) is 15.2. The monoisotopic (exact) mass is 565 g/mol. The van der Waals surface area contributed by atoms with Crippen molar-refractivity contribution in [2.24, 2.45) is 5.92 Å². The van der Waals surface area contributed by atoms with Crippen molar-refractivity contribution in [2.75, 3.05) is 26.8 Å². The van der Waals surface area contributed by atoms with Crippen LogP contribution in [0.3, 0.4) is 0 Å². The van der Waals surface area contributed by atoms with Gasteiger partial charge in [0.15, 0.2) is 6.29 Å². The van der Waals surface area contributed by atoms with Crippen molar-refractivity contribution >= 4 is 5.97 Å². The summed E-state index contributed by atoms with van der Waals surface area (Å²) in [4.78, 5) is 13.3. The first-order chi connectivity index (χ1) is 20.1. The minimum Gasteiger partial charge on any atom is -0.481 e. The number of carboxylic acids is 1. The van der Waals surface area contributed by atoms with Gasteiger partial charge in [0.05, 0.1) is 32.0 Å². The Morgan fingerprint density at radius 2 is 1.73 bits per heavy atom. The molecule has 7 nitrogen and oxygen atoms in total. The van der Waals surface area contributed by atoms with Crippen molar-refractivity contribution in [1.29, 1.82) is 0 Å². The molecule has 1 unspecified atom stereocenters. The molecule has 2 fully saturated rings. The first-order valence-corrected chi connectivity index (χ1v) is 15.2. The predicted octanol–water partition coefficient (Wildman–Crippen LogP) is 6.22. The molecule has 1 aliphatic carbocycles. The van der Waals surface area contributed by atoms with E-state index in [1.165, 1.54) is 5.56 Å². The smallest absolute Gasteiger partial charge is 0.303 e. The lowest BCUT2D eigenvalue weighted by Crippen LogP contribution is -2.46. The molecule has 0 spiro atoms. The van der Waals surface area contributed by atoms with Crippen LogP contribution in [0.5, 0.6) is 0 Å². The molecule has 2 aliphatic rings. The number of ether oxygens (including phenoxy) is 4. The second-order valence-corrected chi connectivity index (χ2v) is 11.2. The van der Waals surface area contributed by atoms with Crippen LogP contribution in [0.4, 0.5) is 0 Å². The minimum atomic E-state index is -0.746. The van der Waals surface area contributed by atoms with Crippen molar-refractivity contribution in [3.05, 3.63) is 83.9 Å². The molecule has 41 heavy (non-hydrogen) atoms. The molecule has 5 atom stereocenters. The number of benzene rings is 2. The number of carbonyl (C=O) groups is 1. The number of allylic oxidation sites excluding steroid dienone is 2. The molecule has 0 radical (unpaired) electrons. The molecular weight excluding hydrogens is 518 g/mol. The van der Waals surface area contributed by atoms with Crippen molar-refractivity contribution in [2.45, 2.75) is 89.1 Å². The van der Waals surface area contributed by atoms with Crippen LogP contribution in [-0.4, -0.2) is 67.3 Å². The van der Waals surface area contributed by atoms with E-state index in [2.05, 4.69) is 48.4 Å². The Balaban J connectivity index is 1.43. The van der Waals surface area contributed by atoms with Gasteiger partial charge in [-0.05, 0) is 56.7 Å². The molecule has 1 aliphatic heterocycles. The second kappa shape index (κ2) is 17.4. The summed E-state index contributed by atoms with van der Waals surface area (Å²) in [6, 6.07) is 20.7. The molecule has 1 heterocycles. The number of carboxylic acid groups (broad SMARTS) is 1. The number of aliphatic carboxylic acids is 1. The third-order valence-corrected chi connectivity index (χ3v) is 8.08. The molecule has 2 aromatic carbocycles. The van der Waals surface area contributed by atoms with Crippen LogP contribution in [0.2, 0.25) is 0 Å². The fourth-order valence-corrected chi connectivity index (χ4v) is 5.92. The van der Waals surface area contributed by atoms with Gasteiger partial charge in [0.1, 0.15) is 0 Å². The largest absolute Gasteiger partial charge is 0.481 e. The van der Waals surface area contributed by atoms with E-state index in [0.717, 1.165) is 57.2 Å². The lowest BCUT2D eigenvalue weighted by molar-refractivity contribution is -0.197. The summed E-state index contributed by atoms with van der Waals surface area (Å²) in [7, 11) is 2.16. The molecule has 7 heteroatoms. The Morgan fingerprint density at radius 1 is 1.00 bits per heavy atom. The quantitative estimate of drug-likeness (QED) is 0.180. The number of unbranched alkanes of at least 4 members (excludes halogenated alkanes) is 1. The average molecular weight is 566 g/mol. The molecule has 0 bridgehead atoms. The van der Waals surface area contributed by atoms with Crippen LogP contribution in [0.1, 0.15) is 62.5 Å². The zero-order valence-corrected chi connectivity index (χ0v) is 24.4. The van der Waals surface area contributed by atoms with E-state index >= 15 is 0 Å². The number of hydrogen-bond acceptors (Lipinski definition) is 6. The molecule has 224 valence electrons. The topological polar surface area (TPSA) is 77.5 Å². The fourth-order valence-electron chi connectivity index (χ4n) is 5.92. The first kappa shape index (κ1) is 31.4. The van der Waals surface area contributed by atoms with Gasteiger partial charge in [-0.25, -0.2) is 0 Å². The van der Waals surface area contributed by atoms with E-state index < -0.39 is 5.97 Å². The van der Waals surface area contributed by atoms with Crippen LogP contribution < -0.4 is 0 Å². The van der Waals surface area contributed by atoms with E-state index in [-0.39, 0.29) is 36.9 Å². The van der Waals surface area contributed by atoms with E-state index in [9.17, 15) is 4.79 Å². The van der Waals surface area contributed by atoms with Gasteiger partial charge >= 0.3 is 5.97 Å². The fraction of sp³-hybridized carbons (Fsp3) is 0.559. The highest BCUT2D eigenvalue weighted by Gasteiger charge is 2.47. The highest BCUT2D eigenvalue weighted by Crippen LogP contribution is 2.38. The maximum absolute atomic E-state index is 10.9. The summed E-state index contributed by atoms with van der Waals surface area (Å²) >= 11 is 0. The van der Waals surface area contributed by atoms with Gasteiger partial charge < -0.3 is 24.1 Å². The lowest BCUT2D eigenvalue weighted by atomic mass is 9.95. The maximum Gasteiger partial charge on any atom is 0.303 e. The standard InChI is InChI=1S/C34H47NO6/c1-35(21-23-38-25-27-14-6-4-7-15-27)34-29(18-10-2-3-11-19-32(36)37)30(40-26-28-16-8-5-9-17-28)24-31(34)41-33-20-12-13-22-39-33/h2,4-10,14-17,29-31,33-34H,3,11-13,18-26H2,1H3,(H,36,37)/t29-,30-,31+,33?,34+/m1/s1. The number of rotatable bonds is 17. The minimum absolute atomic E-state index is 0.0107. The summed E-state index contributed by atoms with van der Waals surface area (Å²) in [5.41, 5.74) is 2.33.